The molecule has 0 saturated carbocycles. The first-order valence-corrected chi connectivity index (χ1v) is 8.03. The molecule has 0 fully saturated rings. The molecule has 1 rings (SSSR count). The average molecular weight is 322 g/mol. The topological polar surface area (TPSA) is 81.7 Å². The molecule has 0 bridgehead atoms. The summed E-state index contributed by atoms with van der Waals surface area (Å²) in [5.41, 5.74) is 0.312. The Kier molecular flexibility index (Phi) is 5.24. The highest BCUT2D eigenvalue weighted by molar-refractivity contribution is 8.13. The summed E-state index contributed by atoms with van der Waals surface area (Å²) in [7, 11) is 4.01. The zero-order chi connectivity index (χ0) is 15.5. The van der Waals surface area contributed by atoms with Crippen molar-refractivity contribution in [3.8, 4) is 11.5 Å². The first-order valence-electron chi connectivity index (χ1n) is 5.72. The van der Waals surface area contributed by atoms with Crippen LogP contribution >= 0.6 is 10.7 Å². The maximum absolute atomic E-state index is 11.7. The number of methoxy groups -OCH3 is 2. The number of rotatable bonds is 5. The predicted octanol–water partition coefficient (Wildman–Crippen LogP) is 2.23. The van der Waals surface area contributed by atoms with Crippen LogP contribution in [0.4, 0.5) is 5.69 Å². The van der Waals surface area contributed by atoms with E-state index in [2.05, 4.69) is 5.32 Å². The van der Waals surface area contributed by atoms with E-state index in [0.717, 1.165) is 0 Å². The monoisotopic (exact) mass is 321 g/mol. The zero-order valence-electron chi connectivity index (χ0n) is 11.6. The van der Waals surface area contributed by atoms with Gasteiger partial charge in [0.1, 0.15) is 16.4 Å². The molecule has 6 nitrogen and oxygen atoms in total. The minimum Gasteiger partial charge on any atom is -0.495 e. The Balaban J connectivity index is 3.37. The summed E-state index contributed by atoms with van der Waals surface area (Å²) in [5, 5.41) is 2.63. The van der Waals surface area contributed by atoms with Gasteiger partial charge in [-0.3, -0.25) is 4.79 Å². The van der Waals surface area contributed by atoms with Gasteiger partial charge in [0.05, 0.1) is 19.9 Å². The van der Waals surface area contributed by atoms with Crippen LogP contribution in [0.3, 0.4) is 0 Å². The van der Waals surface area contributed by atoms with Gasteiger partial charge in [-0.05, 0) is 0 Å². The summed E-state index contributed by atoms with van der Waals surface area (Å²) in [5.74, 6) is -0.257. The number of nitrogens with one attached hydrogen (secondary N) is 1. The second-order valence-electron chi connectivity index (χ2n) is 4.29. The van der Waals surface area contributed by atoms with Gasteiger partial charge in [-0.25, -0.2) is 8.42 Å². The van der Waals surface area contributed by atoms with Crippen molar-refractivity contribution in [1.82, 2.24) is 0 Å². The van der Waals surface area contributed by atoms with E-state index in [9.17, 15) is 13.2 Å². The largest absolute Gasteiger partial charge is 0.495 e. The lowest BCUT2D eigenvalue weighted by Gasteiger charge is -2.15. The number of benzene rings is 1. The number of hydrogen-bond donors (Lipinski definition) is 1. The van der Waals surface area contributed by atoms with Crippen LogP contribution in [0.5, 0.6) is 11.5 Å². The van der Waals surface area contributed by atoms with Gasteiger partial charge in [0.15, 0.2) is 0 Å². The molecule has 0 unspecified atom stereocenters. The van der Waals surface area contributed by atoms with Crippen LogP contribution in [0.2, 0.25) is 0 Å². The van der Waals surface area contributed by atoms with E-state index in [-0.39, 0.29) is 28.2 Å². The molecule has 0 aliphatic heterocycles. The van der Waals surface area contributed by atoms with Crippen molar-refractivity contribution >= 4 is 31.3 Å². The van der Waals surface area contributed by atoms with Gasteiger partial charge in [0, 0.05) is 28.7 Å². The highest BCUT2D eigenvalue weighted by Gasteiger charge is 2.21. The Morgan fingerprint density at radius 3 is 2.15 bits per heavy atom. The lowest BCUT2D eigenvalue weighted by molar-refractivity contribution is -0.118. The van der Waals surface area contributed by atoms with Gasteiger partial charge >= 0.3 is 0 Å². The summed E-state index contributed by atoms with van der Waals surface area (Å²) in [6.45, 7) is 3.47. The zero-order valence-corrected chi connectivity index (χ0v) is 13.1. The molecule has 1 amide bonds. The highest BCUT2D eigenvalue weighted by Crippen LogP contribution is 2.37. The van der Waals surface area contributed by atoms with E-state index >= 15 is 0 Å². The van der Waals surface area contributed by atoms with Crippen molar-refractivity contribution in [1.29, 1.82) is 0 Å². The fraction of sp³-hybridized carbons (Fsp3) is 0.417. The molecule has 112 valence electrons. The molecular weight excluding hydrogens is 306 g/mol. The third-order valence-corrected chi connectivity index (χ3v) is 3.87. The Bertz CT molecular complexity index is 613. The predicted molar refractivity (Wildman–Crippen MR) is 76.1 cm³/mol. The smallest absolute Gasteiger partial charge is 0.265 e. The third-order valence-electron chi connectivity index (χ3n) is 2.53. The molecule has 1 aromatic carbocycles. The molecule has 0 radical (unpaired) electrons. The maximum atomic E-state index is 11.7. The van der Waals surface area contributed by atoms with Crippen molar-refractivity contribution in [2.45, 2.75) is 18.7 Å². The second kappa shape index (κ2) is 6.32. The van der Waals surface area contributed by atoms with Crippen molar-refractivity contribution in [2.75, 3.05) is 19.5 Å². The van der Waals surface area contributed by atoms with Crippen LogP contribution in [0.25, 0.3) is 0 Å². The minimum absolute atomic E-state index is 0.0276. The lowest BCUT2D eigenvalue weighted by Crippen LogP contribution is -2.18. The second-order valence-corrected chi connectivity index (χ2v) is 6.82. The van der Waals surface area contributed by atoms with Gasteiger partial charge in [0.2, 0.25) is 5.91 Å². The van der Waals surface area contributed by atoms with Crippen LogP contribution in [0.15, 0.2) is 17.0 Å². The molecule has 0 spiro atoms. The van der Waals surface area contributed by atoms with Crippen LogP contribution in [0.1, 0.15) is 13.8 Å². The molecule has 1 N–H and O–H groups in total. The normalized spacial score (nSPS) is 11.3. The molecule has 0 atom stereocenters. The quantitative estimate of drug-likeness (QED) is 0.841. The molecule has 0 aliphatic carbocycles. The molecule has 0 aliphatic rings. The number of amides is 1. The number of carbonyl (C=O) groups excluding carboxylic acids is 1. The minimum atomic E-state index is -3.99. The van der Waals surface area contributed by atoms with Crippen LogP contribution in [-0.4, -0.2) is 28.5 Å². The fourth-order valence-electron chi connectivity index (χ4n) is 1.43. The van der Waals surface area contributed by atoms with Crippen molar-refractivity contribution in [3.05, 3.63) is 12.1 Å². The van der Waals surface area contributed by atoms with E-state index in [0.29, 0.717) is 5.69 Å². The number of carbonyl (C=O) groups is 1. The van der Waals surface area contributed by atoms with Gasteiger partial charge in [-0.2, -0.15) is 0 Å². The Labute approximate surface area is 122 Å². The number of anilines is 1. The molecule has 0 saturated heterocycles. The van der Waals surface area contributed by atoms with E-state index in [1.54, 1.807) is 13.8 Å². The lowest BCUT2D eigenvalue weighted by atomic mass is 10.2. The Hall–Kier alpha value is -1.47. The van der Waals surface area contributed by atoms with Gasteiger partial charge < -0.3 is 14.8 Å². The SMILES string of the molecule is COc1cc(S(=O)(=O)Cl)c(OC)cc1NC(=O)C(C)C. The maximum Gasteiger partial charge on any atom is 0.265 e. The molecule has 0 heterocycles. The van der Waals surface area contributed by atoms with E-state index < -0.39 is 9.05 Å². The average Bonchev–Trinajstić information content (AvgIpc) is 2.36. The Morgan fingerprint density at radius 1 is 1.20 bits per heavy atom. The van der Waals surface area contributed by atoms with Gasteiger partial charge in [-0.15, -0.1) is 0 Å². The number of hydrogen-bond acceptors (Lipinski definition) is 5. The van der Waals surface area contributed by atoms with Gasteiger partial charge in [0.25, 0.3) is 9.05 Å². The molecule has 1 aromatic rings. The number of halogens is 1. The Morgan fingerprint density at radius 2 is 1.75 bits per heavy atom. The molecule has 20 heavy (non-hydrogen) atoms. The molecule has 8 heteroatoms. The summed E-state index contributed by atoms with van der Waals surface area (Å²) >= 11 is 0. The van der Waals surface area contributed by atoms with E-state index in [1.807, 2.05) is 0 Å². The van der Waals surface area contributed by atoms with E-state index in [4.69, 9.17) is 20.2 Å². The first-order chi connectivity index (χ1) is 9.20. The fourth-order valence-corrected chi connectivity index (χ4v) is 2.43. The van der Waals surface area contributed by atoms with E-state index in [1.165, 1.54) is 26.4 Å². The van der Waals surface area contributed by atoms with Crippen LogP contribution in [0, 0.1) is 5.92 Å². The summed E-state index contributed by atoms with van der Waals surface area (Å²) in [4.78, 5) is 11.5. The van der Waals surface area contributed by atoms with Crippen LogP contribution < -0.4 is 14.8 Å². The standard InChI is InChI=1S/C12H16ClNO5S/c1-7(2)12(15)14-8-5-10(19-4)11(20(13,16)17)6-9(8)18-3/h5-7H,1-4H3,(H,14,15). The highest BCUT2D eigenvalue weighted by atomic mass is 35.7. The third kappa shape index (κ3) is 3.77. The summed E-state index contributed by atoms with van der Waals surface area (Å²) < 4.78 is 33.0. The molecule has 0 aromatic heterocycles. The number of ether oxygens (including phenoxy) is 2. The summed E-state index contributed by atoms with van der Waals surface area (Å²) in [6.07, 6.45) is 0. The van der Waals surface area contributed by atoms with Gasteiger partial charge in [-0.1, -0.05) is 13.8 Å². The van der Waals surface area contributed by atoms with Crippen LogP contribution in [-0.2, 0) is 13.8 Å². The summed E-state index contributed by atoms with van der Waals surface area (Å²) in [6, 6.07) is 2.56. The molecular formula is C12H16ClNO5S. The van der Waals surface area contributed by atoms with Crippen molar-refractivity contribution in [2.24, 2.45) is 5.92 Å². The van der Waals surface area contributed by atoms with Crippen molar-refractivity contribution in [3.63, 3.8) is 0 Å². The first kappa shape index (κ1) is 16.6. The van der Waals surface area contributed by atoms with Crippen molar-refractivity contribution < 1.29 is 22.7 Å².